The van der Waals surface area contributed by atoms with Crippen molar-refractivity contribution in [3.63, 3.8) is 0 Å². The number of aromatic nitrogens is 2. The highest BCUT2D eigenvalue weighted by molar-refractivity contribution is 5.97. The highest BCUT2D eigenvalue weighted by Gasteiger charge is 2.19. The maximum atomic E-state index is 12.3. The van der Waals surface area contributed by atoms with Crippen LogP contribution >= 0.6 is 0 Å². The van der Waals surface area contributed by atoms with Crippen LogP contribution < -0.4 is 5.32 Å². The van der Waals surface area contributed by atoms with Gasteiger partial charge in [0.2, 0.25) is 0 Å². The Balaban J connectivity index is 1.66. The van der Waals surface area contributed by atoms with Gasteiger partial charge < -0.3 is 15.2 Å². The van der Waals surface area contributed by atoms with Gasteiger partial charge in [0, 0.05) is 18.2 Å². The lowest BCUT2D eigenvalue weighted by Crippen LogP contribution is -2.44. The van der Waals surface area contributed by atoms with E-state index in [2.05, 4.69) is 27.2 Å². The lowest BCUT2D eigenvalue weighted by molar-refractivity contribution is 0.0928. The van der Waals surface area contributed by atoms with Crippen molar-refractivity contribution in [3.8, 4) is 0 Å². The number of nitrogens with one attached hydrogen (secondary N) is 2. The summed E-state index contributed by atoms with van der Waals surface area (Å²) in [4.78, 5) is 22.1. The number of likely N-dealkylation sites (N-methyl/N-ethyl adjacent to an activating group) is 1. The lowest BCUT2D eigenvalue weighted by atomic mass is 10.0. The number of imidazole rings is 1. The van der Waals surface area contributed by atoms with E-state index >= 15 is 0 Å². The molecule has 1 fully saturated rings. The van der Waals surface area contributed by atoms with Gasteiger partial charge in [-0.3, -0.25) is 4.79 Å². The fourth-order valence-corrected chi connectivity index (χ4v) is 2.99. The van der Waals surface area contributed by atoms with E-state index in [0.717, 1.165) is 36.4 Å². The summed E-state index contributed by atoms with van der Waals surface area (Å²) in [5.74, 6) is 0.856. The van der Waals surface area contributed by atoms with Crippen molar-refractivity contribution in [2.75, 3.05) is 20.1 Å². The molecule has 1 aliphatic rings. The molecule has 0 radical (unpaired) electrons. The summed E-state index contributed by atoms with van der Waals surface area (Å²) in [6.07, 6.45) is 3.68. The number of piperidine rings is 1. The number of hydrogen-bond donors (Lipinski definition) is 2. The third kappa shape index (κ3) is 3.08. The van der Waals surface area contributed by atoms with Gasteiger partial charge in [0.1, 0.15) is 5.82 Å². The molecule has 2 N–H and O–H groups in total. The summed E-state index contributed by atoms with van der Waals surface area (Å²) >= 11 is 0. The van der Waals surface area contributed by atoms with Gasteiger partial charge in [0.05, 0.1) is 11.0 Å². The normalized spacial score (nSPS) is 19.8. The van der Waals surface area contributed by atoms with Crippen LogP contribution in [0.2, 0.25) is 0 Å². The summed E-state index contributed by atoms with van der Waals surface area (Å²) in [5.41, 5.74) is 2.50. The summed E-state index contributed by atoms with van der Waals surface area (Å²) in [6, 6.07) is 6.05. The molecule has 1 aliphatic heterocycles. The molecule has 0 aliphatic carbocycles. The summed E-state index contributed by atoms with van der Waals surface area (Å²) in [5, 5.41) is 3.06. The van der Waals surface area contributed by atoms with Gasteiger partial charge in [-0.1, -0.05) is 6.42 Å². The highest BCUT2D eigenvalue weighted by atomic mass is 16.1. The summed E-state index contributed by atoms with van der Waals surface area (Å²) in [7, 11) is 2.13. The molecule has 1 unspecified atom stereocenters. The van der Waals surface area contributed by atoms with Gasteiger partial charge in [-0.05, 0) is 51.6 Å². The number of likely N-dealkylation sites (tertiary alicyclic amines) is 1. The molecule has 1 aromatic carbocycles. The first kappa shape index (κ1) is 14.1. The van der Waals surface area contributed by atoms with Gasteiger partial charge >= 0.3 is 0 Å². The summed E-state index contributed by atoms with van der Waals surface area (Å²) in [6.45, 7) is 3.76. The van der Waals surface area contributed by atoms with Crippen LogP contribution in [0.15, 0.2) is 18.2 Å². The smallest absolute Gasteiger partial charge is 0.251 e. The Kier molecular flexibility index (Phi) is 3.92. The van der Waals surface area contributed by atoms with Crippen LogP contribution in [0, 0.1) is 6.92 Å². The van der Waals surface area contributed by atoms with Crippen molar-refractivity contribution in [1.82, 2.24) is 20.2 Å². The molecule has 1 saturated heterocycles. The lowest BCUT2D eigenvalue weighted by Gasteiger charge is -2.32. The second kappa shape index (κ2) is 5.85. The molecular formula is C16H22N4O. The van der Waals surface area contributed by atoms with E-state index in [1.807, 2.05) is 25.1 Å². The molecule has 0 bridgehead atoms. The van der Waals surface area contributed by atoms with Crippen LogP contribution in [0.3, 0.4) is 0 Å². The predicted molar refractivity (Wildman–Crippen MR) is 83.4 cm³/mol. The zero-order valence-electron chi connectivity index (χ0n) is 12.6. The topological polar surface area (TPSA) is 61.0 Å². The van der Waals surface area contributed by atoms with Crippen molar-refractivity contribution in [2.24, 2.45) is 0 Å². The molecule has 1 atom stereocenters. The Morgan fingerprint density at radius 2 is 2.33 bits per heavy atom. The maximum Gasteiger partial charge on any atom is 0.251 e. The van der Waals surface area contributed by atoms with Gasteiger partial charge in [-0.25, -0.2) is 4.98 Å². The van der Waals surface area contributed by atoms with Gasteiger partial charge in [0.15, 0.2) is 0 Å². The van der Waals surface area contributed by atoms with Crippen molar-refractivity contribution < 1.29 is 4.79 Å². The first-order valence-electron chi connectivity index (χ1n) is 7.58. The number of H-pyrrole nitrogens is 1. The Hall–Kier alpha value is -1.88. The van der Waals surface area contributed by atoms with Crippen LogP contribution in [-0.2, 0) is 0 Å². The van der Waals surface area contributed by atoms with Crippen molar-refractivity contribution in [1.29, 1.82) is 0 Å². The van der Waals surface area contributed by atoms with E-state index in [0.29, 0.717) is 11.6 Å². The van der Waals surface area contributed by atoms with E-state index in [4.69, 9.17) is 0 Å². The minimum atomic E-state index is -0.0110. The molecule has 112 valence electrons. The number of aryl methyl sites for hydroxylation is 1. The van der Waals surface area contributed by atoms with E-state index in [9.17, 15) is 4.79 Å². The molecular weight excluding hydrogens is 264 g/mol. The van der Waals surface area contributed by atoms with Crippen LogP contribution in [0.1, 0.15) is 35.4 Å². The average Bonchev–Trinajstić information content (AvgIpc) is 2.85. The fourth-order valence-electron chi connectivity index (χ4n) is 2.99. The van der Waals surface area contributed by atoms with Crippen LogP contribution in [-0.4, -0.2) is 47.0 Å². The molecule has 1 aromatic heterocycles. The van der Waals surface area contributed by atoms with Gasteiger partial charge in [-0.2, -0.15) is 0 Å². The highest BCUT2D eigenvalue weighted by Crippen LogP contribution is 2.15. The SMILES string of the molecule is Cc1nc2ccc(C(=O)NCC3CCCCN3C)cc2[nH]1. The van der Waals surface area contributed by atoms with Gasteiger partial charge in [-0.15, -0.1) is 0 Å². The van der Waals surface area contributed by atoms with Crippen molar-refractivity contribution in [3.05, 3.63) is 29.6 Å². The van der Waals surface area contributed by atoms with Crippen LogP contribution in [0.4, 0.5) is 0 Å². The van der Waals surface area contributed by atoms with E-state index in [-0.39, 0.29) is 5.91 Å². The number of aromatic amines is 1. The third-order valence-corrected chi connectivity index (χ3v) is 4.28. The molecule has 0 saturated carbocycles. The molecule has 21 heavy (non-hydrogen) atoms. The first-order valence-corrected chi connectivity index (χ1v) is 7.58. The predicted octanol–water partition coefficient (Wildman–Crippen LogP) is 2.09. The Morgan fingerprint density at radius 3 is 3.14 bits per heavy atom. The van der Waals surface area contributed by atoms with E-state index < -0.39 is 0 Å². The Morgan fingerprint density at radius 1 is 1.48 bits per heavy atom. The number of carbonyl (C=O) groups is 1. The second-order valence-corrected chi connectivity index (χ2v) is 5.89. The molecule has 5 heteroatoms. The standard InChI is InChI=1S/C16H22N4O/c1-11-18-14-7-6-12(9-15(14)19-11)16(21)17-10-13-5-3-4-8-20(13)2/h6-7,9,13H,3-5,8,10H2,1-2H3,(H,17,21)(H,18,19). The number of benzene rings is 1. The Bertz CT molecular complexity index is 649. The maximum absolute atomic E-state index is 12.3. The largest absolute Gasteiger partial charge is 0.350 e. The number of carbonyl (C=O) groups excluding carboxylic acids is 1. The molecule has 2 aromatic rings. The number of rotatable bonds is 3. The van der Waals surface area contributed by atoms with Crippen molar-refractivity contribution in [2.45, 2.75) is 32.2 Å². The van der Waals surface area contributed by atoms with Gasteiger partial charge in [0.25, 0.3) is 5.91 Å². The second-order valence-electron chi connectivity index (χ2n) is 5.89. The third-order valence-electron chi connectivity index (χ3n) is 4.28. The average molecular weight is 286 g/mol. The fraction of sp³-hybridized carbons (Fsp3) is 0.500. The first-order chi connectivity index (χ1) is 10.1. The molecule has 0 spiro atoms. The van der Waals surface area contributed by atoms with E-state index in [1.165, 1.54) is 12.8 Å². The number of hydrogen-bond acceptors (Lipinski definition) is 3. The molecule has 5 nitrogen and oxygen atoms in total. The van der Waals surface area contributed by atoms with E-state index in [1.54, 1.807) is 0 Å². The van der Waals surface area contributed by atoms with Crippen molar-refractivity contribution >= 4 is 16.9 Å². The molecule has 2 heterocycles. The summed E-state index contributed by atoms with van der Waals surface area (Å²) < 4.78 is 0. The number of amides is 1. The monoisotopic (exact) mass is 286 g/mol. The quantitative estimate of drug-likeness (QED) is 0.908. The zero-order valence-corrected chi connectivity index (χ0v) is 12.6. The van der Waals surface area contributed by atoms with Crippen LogP contribution in [0.25, 0.3) is 11.0 Å². The Labute approximate surface area is 124 Å². The number of fused-ring (bicyclic) bond motifs is 1. The zero-order chi connectivity index (χ0) is 14.8. The minimum absolute atomic E-state index is 0.0110. The molecule has 3 rings (SSSR count). The van der Waals surface area contributed by atoms with Crippen LogP contribution in [0.5, 0.6) is 0 Å². The number of nitrogens with zero attached hydrogens (tertiary/aromatic N) is 2. The molecule has 1 amide bonds. The minimum Gasteiger partial charge on any atom is -0.350 e.